The number of rotatable bonds is 10. The van der Waals surface area contributed by atoms with E-state index in [1.54, 1.807) is 60.3 Å². The number of nitrogens with one attached hydrogen (secondary N) is 1. The van der Waals surface area contributed by atoms with E-state index in [0.29, 0.717) is 21.6 Å². The van der Waals surface area contributed by atoms with Crippen LogP contribution in [-0.4, -0.2) is 69.3 Å². The molecule has 1 aliphatic heterocycles. The lowest BCUT2D eigenvalue weighted by atomic mass is 10.2. The Labute approximate surface area is 243 Å². The molecule has 0 bridgehead atoms. The molecule has 13 heteroatoms. The Morgan fingerprint density at radius 3 is 2.08 bits per heavy atom. The summed E-state index contributed by atoms with van der Waals surface area (Å²) in [6.45, 7) is -0.266. The van der Waals surface area contributed by atoms with Crippen molar-refractivity contribution in [2.45, 2.75) is 21.6 Å². The second kappa shape index (κ2) is 13.0. The molecule has 1 saturated heterocycles. The number of piperazine rings is 1. The average molecular weight is 629 g/mol. The molecule has 3 aromatic rings. The Balaban J connectivity index is 1.47. The Morgan fingerprint density at radius 2 is 1.46 bits per heavy atom. The number of nitrogens with zero attached hydrogens (tertiary/aromatic N) is 2. The first-order valence-corrected chi connectivity index (χ1v) is 16.8. The standard InChI is InChI=1S/C26H27Cl2N3O5S3/c27-23-12-11-20(17-24(23)28)19-37-16-13-29-26(32)25-18-30(38(33,34)21-7-3-1-4-8-21)14-15-31(25)39(35,36)22-9-5-2-6-10-22/h1-12,17,25H,13-16,18-19H2,(H,29,32). The highest BCUT2D eigenvalue weighted by Gasteiger charge is 2.43. The van der Waals surface area contributed by atoms with E-state index >= 15 is 0 Å². The number of amides is 1. The highest BCUT2D eigenvalue weighted by atomic mass is 35.5. The molecular weight excluding hydrogens is 601 g/mol. The predicted molar refractivity (Wildman–Crippen MR) is 155 cm³/mol. The van der Waals surface area contributed by atoms with Crippen molar-refractivity contribution >= 4 is 60.9 Å². The molecule has 0 spiro atoms. The van der Waals surface area contributed by atoms with Crippen molar-refractivity contribution in [2.75, 3.05) is 31.9 Å². The summed E-state index contributed by atoms with van der Waals surface area (Å²) in [7, 11) is -7.97. The number of carbonyl (C=O) groups excluding carboxylic acids is 1. The first-order chi connectivity index (χ1) is 18.6. The third kappa shape index (κ3) is 7.15. The molecule has 0 aromatic heterocycles. The molecule has 8 nitrogen and oxygen atoms in total. The van der Waals surface area contributed by atoms with Crippen LogP contribution >= 0.6 is 35.0 Å². The van der Waals surface area contributed by atoms with E-state index in [2.05, 4.69) is 5.32 Å². The fourth-order valence-electron chi connectivity index (χ4n) is 4.11. The van der Waals surface area contributed by atoms with Crippen molar-refractivity contribution < 1.29 is 21.6 Å². The average Bonchev–Trinajstić information content (AvgIpc) is 2.95. The van der Waals surface area contributed by atoms with Gasteiger partial charge in [-0.05, 0) is 42.0 Å². The number of sulfonamides is 2. The van der Waals surface area contributed by atoms with Crippen LogP contribution in [0.2, 0.25) is 10.0 Å². The van der Waals surface area contributed by atoms with Crippen LogP contribution in [0.3, 0.4) is 0 Å². The minimum atomic E-state index is -4.05. The summed E-state index contributed by atoms with van der Waals surface area (Å²) < 4.78 is 55.7. The second-order valence-corrected chi connectivity index (χ2v) is 14.5. The van der Waals surface area contributed by atoms with Crippen molar-refractivity contribution in [3.8, 4) is 0 Å². The summed E-state index contributed by atoms with van der Waals surface area (Å²) in [6.07, 6.45) is 0. The van der Waals surface area contributed by atoms with Crippen molar-refractivity contribution in [3.63, 3.8) is 0 Å². The van der Waals surface area contributed by atoms with Gasteiger partial charge in [-0.1, -0.05) is 65.7 Å². The largest absolute Gasteiger partial charge is 0.354 e. The van der Waals surface area contributed by atoms with Gasteiger partial charge in [0.05, 0.1) is 19.8 Å². The van der Waals surface area contributed by atoms with Crippen molar-refractivity contribution in [1.82, 2.24) is 13.9 Å². The topological polar surface area (TPSA) is 104 Å². The summed E-state index contributed by atoms with van der Waals surface area (Å²) in [5, 5.41) is 3.73. The van der Waals surface area contributed by atoms with Crippen LogP contribution in [0.1, 0.15) is 5.56 Å². The fourth-order valence-corrected chi connectivity index (χ4v) is 8.29. The minimum Gasteiger partial charge on any atom is -0.354 e. The van der Waals surface area contributed by atoms with Gasteiger partial charge in [-0.2, -0.15) is 20.4 Å². The van der Waals surface area contributed by atoms with Gasteiger partial charge in [-0.3, -0.25) is 4.79 Å². The molecule has 0 aliphatic carbocycles. The molecule has 1 N–H and O–H groups in total. The predicted octanol–water partition coefficient (Wildman–Crippen LogP) is 4.11. The smallest absolute Gasteiger partial charge is 0.243 e. The van der Waals surface area contributed by atoms with Gasteiger partial charge in [0.25, 0.3) is 0 Å². The molecule has 1 aliphatic rings. The van der Waals surface area contributed by atoms with Crippen LogP contribution in [0, 0.1) is 0 Å². The molecule has 1 heterocycles. The van der Waals surface area contributed by atoms with Crippen molar-refractivity contribution in [1.29, 1.82) is 0 Å². The molecule has 1 fully saturated rings. The van der Waals surface area contributed by atoms with Crippen molar-refractivity contribution in [3.05, 3.63) is 94.5 Å². The summed E-state index contributed by atoms with van der Waals surface area (Å²) in [5.74, 6) is 0.641. The molecular formula is C26H27Cl2N3O5S3. The third-order valence-electron chi connectivity index (χ3n) is 6.13. The van der Waals surface area contributed by atoms with E-state index in [9.17, 15) is 21.6 Å². The van der Waals surface area contributed by atoms with Crippen molar-refractivity contribution in [2.24, 2.45) is 0 Å². The molecule has 3 aromatic carbocycles. The van der Waals surface area contributed by atoms with Gasteiger partial charge in [0.15, 0.2) is 0 Å². The maximum absolute atomic E-state index is 13.5. The maximum atomic E-state index is 13.5. The first kappa shape index (κ1) is 29.9. The second-order valence-electron chi connectivity index (χ2n) is 8.71. The highest BCUT2D eigenvalue weighted by molar-refractivity contribution is 7.98. The van der Waals surface area contributed by atoms with E-state index in [0.717, 1.165) is 9.87 Å². The molecule has 0 radical (unpaired) electrons. The normalized spacial score (nSPS) is 17.1. The van der Waals surface area contributed by atoms with E-state index < -0.39 is 32.0 Å². The zero-order chi connectivity index (χ0) is 28.0. The lowest BCUT2D eigenvalue weighted by Crippen LogP contribution is -2.61. The summed E-state index contributed by atoms with van der Waals surface area (Å²) >= 11 is 13.6. The highest BCUT2D eigenvalue weighted by Crippen LogP contribution is 2.26. The summed E-state index contributed by atoms with van der Waals surface area (Å²) in [6, 6.07) is 19.8. The quantitative estimate of drug-likeness (QED) is 0.339. The molecule has 4 rings (SSSR count). The van der Waals surface area contributed by atoms with Crippen LogP contribution in [-0.2, 0) is 30.6 Å². The van der Waals surface area contributed by atoms with Gasteiger partial charge >= 0.3 is 0 Å². The Morgan fingerprint density at radius 1 is 0.846 bits per heavy atom. The zero-order valence-corrected chi connectivity index (χ0v) is 24.7. The Bertz CT molecular complexity index is 1510. The molecule has 1 unspecified atom stereocenters. The lowest BCUT2D eigenvalue weighted by Gasteiger charge is -2.38. The molecule has 39 heavy (non-hydrogen) atoms. The summed E-state index contributed by atoms with van der Waals surface area (Å²) in [4.78, 5) is 13.5. The van der Waals surface area contributed by atoms with Gasteiger partial charge in [-0.15, -0.1) is 0 Å². The van der Waals surface area contributed by atoms with E-state index in [1.807, 2.05) is 6.07 Å². The van der Waals surface area contributed by atoms with Gasteiger partial charge < -0.3 is 5.32 Å². The number of carbonyl (C=O) groups is 1. The van der Waals surface area contributed by atoms with Gasteiger partial charge in [0, 0.05) is 37.7 Å². The SMILES string of the molecule is O=C(NCCSCc1ccc(Cl)c(Cl)c1)C1CN(S(=O)(=O)c2ccccc2)CCN1S(=O)(=O)c1ccccc1. The van der Waals surface area contributed by atoms with Crippen LogP contribution in [0.15, 0.2) is 88.7 Å². The maximum Gasteiger partial charge on any atom is 0.243 e. The zero-order valence-electron chi connectivity index (χ0n) is 20.7. The molecule has 0 saturated carbocycles. The number of benzene rings is 3. The number of hydrogen-bond donors (Lipinski definition) is 1. The van der Waals surface area contributed by atoms with Gasteiger partial charge in [0.2, 0.25) is 26.0 Å². The van der Waals surface area contributed by atoms with Gasteiger partial charge in [0.1, 0.15) is 6.04 Å². The fraction of sp³-hybridized carbons (Fsp3) is 0.269. The van der Waals surface area contributed by atoms with Crippen LogP contribution in [0.25, 0.3) is 0 Å². The van der Waals surface area contributed by atoms with Crippen LogP contribution < -0.4 is 5.32 Å². The van der Waals surface area contributed by atoms with E-state index in [1.165, 1.54) is 28.6 Å². The first-order valence-electron chi connectivity index (χ1n) is 12.0. The number of hydrogen-bond acceptors (Lipinski definition) is 6. The molecule has 1 amide bonds. The third-order valence-corrected chi connectivity index (χ3v) is 11.7. The molecule has 208 valence electrons. The number of halogens is 2. The van der Waals surface area contributed by atoms with Gasteiger partial charge in [-0.25, -0.2) is 16.8 Å². The monoisotopic (exact) mass is 627 g/mol. The Hall–Kier alpha value is -2.12. The number of thioether (sulfide) groups is 1. The van der Waals surface area contributed by atoms with E-state index in [4.69, 9.17) is 23.2 Å². The summed E-state index contributed by atoms with van der Waals surface area (Å²) in [5.41, 5.74) is 0.981. The molecule has 1 atom stereocenters. The van der Waals surface area contributed by atoms with Crippen LogP contribution in [0.4, 0.5) is 0 Å². The Kier molecular flexibility index (Phi) is 9.97. The van der Waals surface area contributed by atoms with E-state index in [-0.39, 0.29) is 36.0 Å². The minimum absolute atomic E-state index is 0.0411. The lowest BCUT2D eigenvalue weighted by molar-refractivity contribution is -0.125. The van der Waals surface area contributed by atoms with Crippen LogP contribution in [0.5, 0.6) is 0 Å².